The zero-order valence-electron chi connectivity index (χ0n) is 11.9. The van der Waals surface area contributed by atoms with Crippen LogP contribution in [0.1, 0.15) is 12.8 Å². The van der Waals surface area contributed by atoms with Crippen molar-refractivity contribution in [1.82, 2.24) is 9.80 Å². The van der Waals surface area contributed by atoms with E-state index in [-0.39, 0.29) is 17.5 Å². The summed E-state index contributed by atoms with van der Waals surface area (Å²) in [6.07, 6.45) is 1.36. The van der Waals surface area contributed by atoms with Crippen LogP contribution in [0.3, 0.4) is 0 Å². The Kier molecular flexibility index (Phi) is 3.89. The Hall–Kier alpha value is -1.93. The first kappa shape index (κ1) is 15.9. The summed E-state index contributed by atoms with van der Waals surface area (Å²) < 4.78 is 24.5. The van der Waals surface area contributed by atoms with Crippen LogP contribution in [0.2, 0.25) is 5.02 Å². The highest BCUT2D eigenvalue weighted by Crippen LogP contribution is 2.31. The Morgan fingerprint density at radius 2 is 1.65 bits per heavy atom. The van der Waals surface area contributed by atoms with Gasteiger partial charge in [0.2, 0.25) is 0 Å². The van der Waals surface area contributed by atoms with E-state index < -0.39 is 33.4 Å². The lowest BCUT2D eigenvalue weighted by Crippen LogP contribution is -2.37. The predicted octanol–water partition coefficient (Wildman–Crippen LogP) is 1.07. The summed E-state index contributed by atoms with van der Waals surface area (Å²) in [5, 5.41) is 0.402. The molecule has 7 nitrogen and oxygen atoms in total. The minimum atomic E-state index is -3.69. The largest absolute Gasteiger partial charge is 0.334 e. The molecule has 4 amide bonds. The van der Waals surface area contributed by atoms with E-state index >= 15 is 0 Å². The lowest BCUT2D eigenvalue weighted by atomic mass is 10.4. The van der Waals surface area contributed by atoms with Gasteiger partial charge in [-0.2, -0.15) is 0 Å². The SMILES string of the molecule is O=C1C(=O)N(C2CC2)C(=O)N1CCS(=O)(=O)c1ccc(Cl)cc1. The highest BCUT2D eigenvalue weighted by atomic mass is 35.5. The van der Waals surface area contributed by atoms with Gasteiger partial charge in [0, 0.05) is 17.6 Å². The van der Waals surface area contributed by atoms with Gasteiger partial charge in [-0.1, -0.05) is 11.6 Å². The van der Waals surface area contributed by atoms with Crippen molar-refractivity contribution < 1.29 is 22.8 Å². The molecular weight excluding hydrogens is 344 g/mol. The number of imide groups is 2. The van der Waals surface area contributed by atoms with E-state index in [1.165, 1.54) is 24.3 Å². The molecule has 1 aliphatic carbocycles. The smallest absolute Gasteiger partial charge is 0.263 e. The minimum Gasteiger partial charge on any atom is -0.263 e. The number of halogens is 1. The number of rotatable bonds is 5. The van der Waals surface area contributed by atoms with Crippen molar-refractivity contribution >= 4 is 39.3 Å². The minimum absolute atomic E-state index is 0.0476. The lowest BCUT2D eigenvalue weighted by molar-refractivity contribution is -0.143. The van der Waals surface area contributed by atoms with Crippen LogP contribution in [0.15, 0.2) is 29.2 Å². The molecule has 0 atom stereocenters. The van der Waals surface area contributed by atoms with Gasteiger partial charge in [0.1, 0.15) is 0 Å². The van der Waals surface area contributed by atoms with Crippen LogP contribution in [0.4, 0.5) is 4.79 Å². The van der Waals surface area contributed by atoms with Gasteiger partial charge < -0.3 is 0 Å². The molecule has 3 rings (SSSR count). The number of carbonyl (C=O) groups is 3. The average molecular weight is 357 g/mol. The molecule has 2 fully saturated rings. The maximum atomic E-state index is 12.2. The van der Waals surface area contributed by atoms with E-state index in [1.807, 2.05) is 0 Å². The summed E-state index contributed by atoms with van der Waals surface area (Å²) in [6.45, 7) is -0.350. The molecule has 0 aromatic heterocycles. The van der Waals surface area contributed by atoms with Gasteiger partial charge in [-0.05, 0) is 37.1 Å². The average Bonchev–Trinajstić information content (AvgIpc) is 3.29. The summed E-state index contributed by atoms with van der Waals surface area (Å²) in [5.41, 5.74) is 0. The Morgan fingerprint density at radius 3 is 2.22 bits per heavy atom. The number of hydrogen-bond acceptors (Lipinski definition) is 5. The fourth-order valence-electron chi connectivity index (χ4n) is 2.35. The number of urea groups is 1. The quantitative estimate of drug-likeness (QED) is 0.581. The highest BCUT2D eigenvalue weighted by molar-refractivity contribution is 7.91. The van der Waals surface area contributed by atoms with E-state index in [0.717, 1.165) is 4.90 Å². The monoisotopic (exact) mass is 356 g/mol. The van der Waals surface area contributed by atoms with Gasteiger partial charge in [0.05, 0.1) is 10.6 Å². The third-order valence-corrected chi connectivity index (χ3v) is 5.71. The van der Waals surface area contributed by atoms with Crippen molar-refractivity contribution in [2.45, 2.75) is 23.8 Å². The molecule has 122 valence electrons. The molecule has 1 aliphatic heterocycles. The van der Waals surface area contributed by atoms with Gasteiger partial charge in [0.15, 0.2) is 9.84 Å². The van der Waals surface area contributed by atoms with Crippen LogP contribution in [-0.4, -0.2) is 54.4 Å². The summed E-state index contributed by atoms with van der Waals surface area (Å²) in [6, 6.07) is 4.64. The molecule has 0 radical (unpaired) electrons. The molecule has 1 aromatic carbocycles. The second-order valence-electron chi connectivity index (χ2n) is 5.42. The zero-order valence-corrected chi connectivity index (χ0v) is 13.5. The fraction of sp³-hybridized carbons (Fsp3) is 0.357. The third kappa shape index (κ3) is 2.96. The fourth-order valence-corrected chi connectivity index (χ4v) is 3.68. The molecule has 1 heterocycles. The van der Waals surface area contributed by atoms with Crippen LogP contribution < -0.4 is 0 Å². The van der Waals surface area contributed by atoms with Gasteiger partial charge in [0.25, 0.3) is 0 Å². The Balaban J connectivity index is 1.72. The van der Waals surface area contributed by atoms with Gasteiger partial charge in [-0.15, -0.1) is 0 Å². The first-order valence-corrected chi connectivity index (χ1v) is 9.01. The first-order valence-electron chi connectivity index (χ1n) is 6.98. The summed E-state index contributed by atoms with van der Waals surface area (Å²) in [5.74, 6) is -2.28. The Bertz CT molecular complexity index is 786. The molecule has 0 N–H and O–H groups in total. The third-order valence-electron chi connectivity index (χ3n) is 3.75. The number of benzene rings is 1. The molecule has 0 spiro atoms. The van der Waals surface area contributed by atoms with E-state index in [1.54, 1.807) is 0 Å². The lowest BCUT2D eigenvalue weighted by Gasteiger charge is -2.14. The molecule has 1 saturated carbocycles. The van der Waals surface area contributed by atoms with E-state index in [9.17, 15) is 22.8 Å². The molecule has 9 heteroatoms. The maximum absolute atomic E-state index is 12.2. The second kappa shape index (κ2) is 5.61. The number of hydrogen-bond donors (Lipinski definition) is 0. The van der Waals surface area contributed by atoms with Crippen molar-refractivity contribution in [3.8, 4) is 0 Å². The topological polar surface area (TPSA) is 91.8 Å². The molecular formula is C14H13ClN2O5S. The van der Waals surface area contributed by atoms with Crippen molar-refractivity contribution in [3.63, 3.8) is 0 Å². The van der Waals surface area contributed by atoms with Gasteiger partial charge >= 0.3 is 17.8 Å². The highest BCUT2D eigenvalue weighted by Gasteiger charge is 2.50. The second-order valence-corrected chi connectivity index (χ2v) is 7.96. The van der Waals surface area contributed by atoms with Crippen molar-refractivity contribution in [1.29, 1.82) is 0 Å². The number of nitrogens with zero attached hydrogens (tertiary/aromatic N) is 2. The van der Waals surface area contributed by atoms with Gasteiger partial charge in [-0.3, -0.25) is 19.4 Å². The van der Waals surface area contributed by atoms with Crippen LogP contribution in [0.25, 0.3) is 0 Å². The number of carbonyl (C=O) groups excluding carboxylic acids is 3. The summed E-state index contributed by atoms with van der Waals surface area (Å²) >= 11 is 5.71. The normalized spacial score (nSPS) is 18.9. The van der Waals surface area contributed by atoms with Crippen LogP contribution in [0, 0.1) is 0 Å². The van der Waals surface area contributed by atoms with E-state index in [2.05, 4.69) is 0 Å². The van der Waals surface area contributed by atoms with Crippen LogP contribution >= 0.6 is 11.6 Å². The molecule has 0 bridgehead atoms. The van der Waals surface area contributed by atoms with Crippen LogP contribution in [-0.2, 0) is 19.4 Å². The number of amides is 4. The van der Waals surface area contributed by atoms with E-state index in [4.69, 9.17) is 11.6 Å². The predicted molar refractivity (Wildman–Crippen MR) is 80.5 cm³/mol. The molecule has 1 saturated heterocycles. The molecule has 0 unspecified atom stereocenters. The Morgan fingerprint density at radius 1 is 1.04 bits per heavy atom. The van der Waals surface area contributed by atoms with Crippen molar-refractivity contribution in [2.75, 3.05) is 12.3 Å². The molecule has 23 heavy (non-hydrogen) atoms. The molecule has 2 aliphatic rings. The summed E-state index contributed by atoms with van der Waals surface area (Å²) in [7, 11) is -3.69. The van der Waals surface area contributed by atoms with E-state index in [0.29, 0.717) is 22.8 Å². The zero-order chi connectivity index (χ0) is 16.8. The van der Waals surface area contributed by atoms with Crippen molar-refractivity contribution in [3.05, 3.63) is 29.3 Å². The first-order chi connectivity index (χ1) is 10.8. The van der Waals surface area contributed by atoms with Gasteiger partial charge in [-0.25, -0.2) is 13.2 Å². The molecule has 1 aromatic rings. The van der Waals surface area contributed by atoms with Crippen molar-refractivity contribution in [2.24, 2.45) is 0 Å². The number of sulfone groups is 1. The summed E-state index contributed by atoms with van der Waals surface area (Å²) in [4.78, 5) is 37.4. The Labute approximate surface area is 137 Å². The maximum Gasteiger partial charge on any atom is 0.334 e. The van der Waals surface area contributed by atoms with Crippen LogP contribution in [0.5, 0.6) is 0 Å². The standard InChI is InChI=1S/C14H13ClN2O5S/c15-9-1-5-11(6-2-9)23(21,22)8-7-16-12(18)13(19)17(14(16)20)10-3-4-10/h1-2,5-6,10H,3-4,7-8H2.